The third-order valence-corrected chi connectivity index (χ3v) is 4.40. The van der Waals surface area contributed by atoms with E-state index in [1.807, 2.05) is 13.8 Å². The van der Waals surface area contributed by atoms with Gasteiger partial charge in [0.05, 0.1) is 5.56 Å². The monoisotopic (exact) mass is 334 g/mol. The van der Waals surface area contributed by atoms with Crippen molar-refractivity contribution in [2.75, 3.05) is 0 Å². The highest BCUT2D eigenvalue weighted by Gasteiger charge is 2.11. The van der Waals surface area contributed by atoms with Gasteiger partial charge in [0, 0.05) is 21.1 Å². The molecule has 1 N–H and O–H groups in total. The predicted molar refractivity (Wildman–Crippen MR) is 81.6 cm³/mol. The Hall–Kier alpha value is -1.64. The number of benzene rings is 1. The fraction of sp³-hybridized carbons (Fsp3) is 0.143. The van der Waals surface area contributed by atoms with Crippen LogP contribution in [0.4, 0.5) is 5.00 Å². The Kier molecular flexibility index (Phi) is 4.03. The van der Waals surface area contributed by atoms with Crippen molar-refractivity contribution in [3.05, 3.63) is 44.2 Å². The molecule has 0 aliphatic rings. The van der Waals surface area contributed by atoms with Crippen LogP contribution in [0.15, 0.2) is 27.7 Å². The molecular weight excluding hydrogens is 324 g/mol. The van der Waals surface area contributed by atoms with Crippen molar-refractivity contribution in [3.8, 4) is 11.8 Å². The summed E-state index contributed by atoms with van der Waals surface area (Å²) in [5.74, 6) is 0.162. The van der Waals surface area contributed by atoms with Crippen LogP contribution in [0.25, 0.3) is 0 Å². The zero-order chi connectivity index (χ0) is 14.0. The molecule has 0 aliphatic carbocycles. The molecule has 2 aromatic rings. The van der Waals surface area contributed by atoms with E-state index in [0.29, 0.717) is 16.1 Å². The fourth-order valence-corrected chi connectivity index (χ4v) is 2.92. The lowest BCUT2D eigenvalue weighted by atomic mass is 10.2. The normalized spacial score (nSPS) is 10.8. The summed E-state index contributed by atoms with van der Waals surface area (Å²) >= 11 is 4.82. The van der Waals surface area contributed by atoms with Crippen LogP contribution >= 0.6 is 27.3 Å². The molecule has 2 rings (SSSR count). The van der Waals surface area contributed by atoms with Crippen LogP contribution in [-0.4, -0.2) is 11.3 Å². The lowest BCUT2D eigenvalue weighted by Gasteiger charge is -1.98. The molecule has 0 bridgehead atoms. The van der Waals surface area contributed by atoms with E-state index in [4.69, 9.17) is 5.26 Å². The fourth-order valence-electron chi connectivity index (χ4n) is 1.59. The summed E-state index contributed by atoms with van der Waals surface area (Å²) in [5.41, 5.74) is 2.19. The number of halogens is 1. The lowest BCUT2D eigenvalue weighted by molar-refractivity contribution is 0.474. The van der Waals surface area contributed by atoms with Crippen LogP contribution in [0.3, 0.4) is 0 Å². The van der Waals surface area contributed by atoms with Crippen molar-refractivity contribution in [2.45, 2.75) is 13.8 Å². The first-order valence-electron chi connectivity index (χ1n) is 5.55. The van der Waals surface area contributed by atoms with Gasteiger partial charge in [0.15, 0.2) is 0 Å². The molecule has 3 nitrogen and oxygen atoms in total. The maximum atomic E-state index is 9.73. The predicted octanol–water partition coefficient (Wildman–Crippen LogP) is 4.46. The number of nitrogens with zero attached hydrogens (tertiary/aromatic N) is 2. The lowest BCUT2D eigenvalue weighted by Crippen LogP contribution is -1.82. The number of thiophene rings is 1. The minimum Gasteiger partial charge on any atom is -0.507 e. The molecule has 1 heterocycles. The van der Waals surface area contributed by atoms with E-state index in [1.54, 1.807) is 24.4 Å². The van der Waals surface area contributed by atoms with Gasteiger partial charge in [-0.2, -0.15) is 5.26 Å². The van der Waals surface area contributed by atoms with Crippen LogP contribution in [0.5, 0.6) is 5.75 Å². The van der Waals surface area contributed by atoms with Gasteiger partial charge < -0.3 is 5.11 Å². The maximum absolute atomic E-state index is 9.73. The maximum Gasteiger partial charge on any atom is 0.134 e. The summed E-state index contributed by atoms with van der Waals surface area (Å²) in [7, 11) is 0. The van der Waals surface area contributed by atoms with Crippen LogP contribution in [-0.2, 0) is 0 Å². The summed E-state index contributed by atoms with van der Waals surface area (Å²) < 4.78 is 0.866. The van der Waals surface area contributed by atoms with Gasteiger partial charge in [-0.05, 0) is 37.6 Å². The molecule has 0 unspecified atom stereocenters. The standard InChI is InChI=1S/C14H11BrN2OS/c1-8-9(2)19-14(12(8)6-16)17-7-10-5-11(15)3-4-13(10)18/h3-5,7,18H,1-2H3. The zero-order valence-electron chi connectivity index (χ0n) is 10.4. The molecule has 0 fully saturated rings. The van der Waals surface area contributed by atoms with E-state index in [0.717, 1.165) is 14.9 Å². The Morgan fingerprint density at radius 3 is 2.84 bits per heavy atom. The molecule has 0 atom stereocenters. The summed E-state index contributed by atoms with van der Waals surface area (Å²) in [6.07, 6.45) is 1.58. The quantitative estimate of drug-likeness (QED) is 0.824. The average molecular weight is 335 g/mol. The number of rotatable bonds is 2. The minimum atomic E-state index is 0.162. The van der Waals surface area contributed by atoms with Gasteiger partial charge in [-0.25, -0.2) is 4.99 Å². The highest BCUT2D eigenvalue weighted by molar-refractivity contribution is 9.10. The average Bonchev–Trinajstić information content (AvgIpc) is 2.66. The van der Waals surface area contributed by atoms with E-state index in [-0.39, 0.29) is 5.75 Å². The first-order chi connectivity index (χ1) is 9.02. The molecule has 0 aliphatic heterocycles. The van der Waals surface area contributed by atoms with E-state index < -0.39 is 0 Å². The third-order valence-electron chi connectivity index (χ3n) is 2.79. The Bertz CT molecular complexity index is 698. The number of nitriles is 1. The van der Waals surface area contributed by atoms with Crippen molar-refractivity contribution in [1.29, 1.82) is 5.26 Å². The Morgan fingerprint density at radius 1 is 1.42 bits per heavy atom. The van der Waals surface area contributed by atoms with E-state index in [1.165, 1.54) is 11.3 Å². The SMILES string of the molecule is Cc1sc(N=Cc2cc(Br)ccc2O)c(C#N)c1C. The van der Waals surface area contributed by atoms with Gasteiger partial charge in [-0.15, -0.1) is 11.3 Å². The highest BCUT2D eigenvalue weighted by atomic mass is 79.9. The molecule has 19 heavy (non-hydrogen) atoms. The summed E-state index contributed by atoms with van der Waals surface area (Å²) in [6, 6.07) is 7.30. The Morgan fingerprint density at radius 2 is 2.16 bits per heavy atom. The third kappa shape index (κ3) is 2.86. The van der Waals surface area contributed by atoms with Gasteiger partial charge in [-0.3, -0.25) is 0 Å². The van der Waals surface area contributed by atoms with Crippen LogP contribution in [0.2, 0.25) is 0 Å². The number of hydrogen-bond donors (Lipinski definition) is 1. The molecule has 0 amide bonds. The molecule has 0 saturated carbocycles. The second kappa shape index (κ2) is 5.55. The van der Waals surface area contributed by atoms with Crippen molar-refractivity contribution >= 4 is 38.5 Å². The molecule has 1 aromatic carbocycles. The number of aromatic hydroxyl groups is 1. The Balaban J connectivity index is 2.41. The largest absolute Gasteiger partial charge is 0.507 e. The summed E-state index contributed by atoms with van der Waals surface area (Å²) in [4.78, 5) is 5.41. The van der Waals surface area contributed by atoms with Crippen molar-refractivity contribution in [1.82, 2.24) is 0 Å². The van der Waals surface area contributed by atoms with Gasteiger partial charge >= 0.3 is 0 Å². The van der Waals surface area contributed by atoms with Gasteiger partial charge in [0.2, 0.25) is 0 Å². The van der Waals surface area contributed by atoms with Crippen molar-refractivity contribution < 1.29 is 5.11 Å². The second-order valence-corrected chi connectivity index (χ2v) is 6.16. The number of aliphatic imine (C=N–C) groups is 1. The molecule has 0 saturated heterocycles. The molecular formula is C14H11BrN2OS. The number of phenolic OH excluding ortho intramolecular Hbond substituents is 1. The van der Waals surface area contributed by atoms with Crippen molar-refractivity contribution in [2.24, 2.45) is 4.99 Å². The van der Waals surface area contributed by atoms with Crippen LogP contribution < -0.4 is 0 Å². The summed E-state index contributed by atoms with van der Waals surface area (Å²) in [6.45, 7) is 3.89. The van der Waals surface area contributed by atoms with Gasteiger partial charge in [0.25, 0.3) is 0 Å². The zero-order valence-corrected chi connectivity index (χ0v) is 12.8. The number of aryl methyl sites for hydroxylation is 1. The van der Waals surface area contributed by atoms with Crippen molar-refractivity contribution in [3.63, 3.8) is 0 Å². The van der Waals surface area contributed by atoms with E-state index in [2.05, 4.69) is 27.0 Å². The second-order valence-electron chi connectivity index (χ2n) is 4.04. The minimum absolute atomic E-state index is 0.162. The molecule has 5 heteroatoms. The number of phenols is 1. The molecule has 0 radical (unpaired) electrons. The summed E-state index contributed by atoms with van der Waals surface area (Å²) in [5, 5.41) is 19.5. The first-order valence-corrected chi connectivity index (χ1v) is 7.16. The highest BCUT2D eigenvalue weighted by Crippen LogP contribution is 2.34. The Labute approximate surface area is 124 Å². The van der Waals surface area contributed by atoms with E-state index >= 15 is 0 Å². The van der Waals surface area contributed by atoms with Crippen LogP contribution in [0, 0.1) is 25.2 Å². The van der Waals surface area contributed by atoms with Gasteiger partial charge in [-0.1, -0.05) is 15.9 Å². The van der Waals surface area contributed by atoms with Crippen LogP contribution in [0.1, 0.15) is 21.6 Å². The first kappa shape index (κ1) is 13.8. The van der Waals surface area contributed by atoms with Gasteiger partial charge in [0.1, 0.15) is 16.8 Å². The number of hydrogen-bond acceptors (Lipinski definition) is 4. The van der Waals surface area contributed by atoms with E-state index in [9.17, 15) is 5.11 Å². The molecule has 1 aromatic heterocycles. The smallest absolute Gasteiger partial charge is 0.134 e. The molecule has 96 valence electrons. The topological polar surface area (TPSA) is 56.4 Å². The molecule has 0 spiro atoms.